The maximum atomic E-state index is 11.3. The lowest BCUT2D eigenvalue weighted by molar-refractivity contribution is -0.384. The monoisotopic (exact) mass is 274 g/mol. The average Bonchev–Trinajstić information content (AvgIpc) is 2.64. The maximum absolute atomic E-state index is 11.3. The van der Waals surface area contributed by atoms with Gasteiger partial charge in [-0.15, -0.1) is 0 Å². The fourth-order valence-corrected chi connectivity index (χ4v) is 2.06. The second-order valence-corrected chi connectivity index (χ2v) is 4.42. The minimum absolute atomic E-state index is 0.0244. The first-order valence-corrected chi connectivity index (χ1v) is 5.96. The summed E-state index contributed by atoms with van der Waals surface area (Å²) in [7, 11) is 1.73. The van der Waals surface area contributed by atoms with Crippen LogP contribution < -0.4 is 5.32 Å². The van der Waals surface area contributed by atoms with Gasteiger partial charge in [-0.3, -0.25) is 19.6 Å². The molecule has 7 heteroatoms. The zero-order valence-corrected chi connectivity index (χ0v) is 11.4. The number of hydrogen-bond donors (Lipinski definition) is 1. The molecule has 0 saturated carbocycles. The number of amides is 1. The minimum Gasteiger partial charge on any atom is -0.311 e. The molecule has 1 aromatic heterocycles. The number of aryl methyl sites for hydroxylation is 2. The number of hydrogen-bond acceptors (Lipinski definition) is 4. The van der Waals surface area contributed by atoms with E-state index in [0.29, 0.717) is 5.82 Å². The third-order valence-electron chi connectivity index (χ3n) is 2.88. The Hall–Kier alpha value is -2.70. The lowest BCUT2D eigenvalue weighted by Crippen LogP contribution is -2.10. The highest BCUT2D eigenvalue weighted by Crippen LogP contribution is 2.32. The van der Waals surface area contributed by atoms with E-state index >= 15 is 0 Å². The molecule has 0 atom stereocenters. The lowest BCUT2D eigenvalue weighted by Gasteiger charge is -2.07. The van der Waals surface area contributed by atoms with Crippen LogP contribution in [0.5, 0.6) is 0 Å². The Labute approximate surface area is 115 Å². The molecule has 2 aromatic rings. The van der Waals surface area contributed by atoms with Crippen LogP contribution in [0.25, 0.3) is 11.1 Å². The number of nitrogens with one attached hydrogen (secondary N) is 1. The predicted octanol–water partition coefficient (Wildman–Crippen LogP) is 2.26. The van der Waals surface area contributed by atoms with E-state index in [9.17, 15) is 14.9 Å². The summed E-state index contributed by atoms with van der Waals surface area (Å²) in [6, 6.07) is 6.15. The molecule has 0 unspecified atom stereocenters. The van der Waals surface area contributed by atoms with Crippen molar-refractivity contribution in [3.05, 3.63) is 40.1 Å². The smallest absolute Gasteiger partial charge is 0.269 e. The van der Waals surface area contributed by atoms with Crippen molar-refractivity contribution in [2.45, 2.75) is 13.8 Å². The van der Waals surface area contributed by atoms with E-state index in [0.717, 1.165) is 16.8 Å². The second kappa shape index (κ2) is 5.12. The molecule has 0 aliphatic rings. The van der Waals surface area contributed by atoms with Crippen molar-refractivity contribution in [3.63, 3.8) is 0 Å². The summed E-state index contributed by atoms with van der Waals surface area (Å²) in [5.74, 6) is 0.375. The van der Waals surface area contributed by atoms with Gasteiger partial charge in [0.05, 0.1) is 10.6 Å². The number of aromatic nitrogens is 2. The number of nitro groups is 1. The molecular formula is C13H14N4O3. The van der Waals surface area contributed by atoms with Crippen LogP contribution in [0.3, 0.4) is 0 Å². The minimum atomic E-state index is -0.450. The van der Waals surface area contributed by atoms with Crippen molar-refractivity contribution < 1.29 is 9.72 Å². The number of anilines is 1. The molecule has 0 spiro atoms. The highest BCUT2D eigenvalue weighted by atomic mass is 16.6. The molecule has 0 bridgehead atoms. The number of nitro benzene ring substituents is 1. The van der Waals surface area contributed by atoms with Crippen LogP contribution in [0.2, 0.25) is 0 Å². The van der Waals surface area contributed by atoms with Crippen molar-refractivity contribution >= 4 is 17.4 Å². The van der Waals surface area contributed by atoms with E-state index in [-0.39, 0.29) is 11.6 Å². The van der Waals surface area contributed by atoms with Crippen LogP contribution in [-0.4, -0.2) is 20.6 Å². The van der Waals surface area contributed by atoms with E-state index in [4.69, 9.17) is 0 Å². The van der Waals surface area contributed by atoms with Crippen molar-refractivity contribution in [3.8, 4) is 11.1 Å². The standard InChI is InChI=1S/C13H14N4O3/c1-8-12(13(14-9(2)18)16(3)15-8)10-4-6-11(7-5-10)17(19)20/h4-7H,1-3H3,(H,14,18). The van der Waals surface area contributed by atoms with Crippen LogP contribution in [0.15, 0.2) is 24.3 Å². The molecule has 0 aliphatic heterocycles. The van der Waals surface area contributed by atoms with Crippen molar-refractivity contribution in [2.75, 3.05) is 5.32 Å². The van der Waals surface area contributed by atoms with Crippen molar-refractivity contribution in [1.82, 2.24) is 9.78 Å². The molecule has 0 saturated heterocycles. The van der Waals surface area contributed by atoms with Gasteiger partial charge >= 0.3 is 0 Å². The molecule has 0 radical (unpaired) electrons. The predicted molar refractivity (Wildman–Crippen MR) is 74.3 cm³/mol. The number of rotatable bonds is 3. The third-order valence-corrected chi connectivity index (χ3v) is 2.88. The Bertz CT molecular complexity index is 674. The molecular weight excluding hydrogens is 260 g/mol. The van der Waals surface area contributed by atoms with E-state index in [1.165, 1.54) is 19.1 Å². The van der Waals surface area contributed by atoms with Gasteiger partial charge in [-0.1, -0.05) is 0 Å². The van der Waals surface area contributed by atoms with E-state index < -0.39 is 4.92 Å². The van der Waals surface area contributed by atoms with Gasteiger partial charge in [0.25, 0.3) is 5.69 Å². The Morgan fingerprint density at radius 2 is 1.95 bits per heavy atom. The van der Waals surface area contributed by atoms with Crippen molar-refractivity contribution in [2.24, 2.45) is 7.05 Å². The molecule has 1 amide bonds. The molecule has 1 aromatic carbocycles. The molecule has 7 nitrogen and oxygen atoms in total. The van der Waals surface area contributed by atoms with E-state index in [1.807, 2.05) is 6.92 Å². The number of nitrogens with zero attached hydrogens (tertiary/aromatic N) is 3. The molecule has 1 N–H and O–H groups in total. The zero-order chi connectivity index (χ0) is 14.9. The van der Waals surface area contributed by atoms with E-state index in [1.54, 1.807) is 23.9 Å². The summed E-state index contributed by atoms with van der Waals surface area (Å²) in [4.78, 5) is 21.5. The molecule has 2 rings (SSSR count). The maximum Gasteiger partial charge on any atom is 0.269 e. The van der Waals surface area contributed by atoms with Crippen LogP contribution in [0, 0.1) is 17.0 Å². The van der Waals surface area contributed by atoms with Crippen LogP contribution in [0.4, 0.5) is 11.5 Å². The van der Waals surface area contributed by atoms with Crippen LogP contribution >= 0.6 is 0 Å². The fourth-order valence-electron chi connectivity index (χ4n) is 2.06. The fraction of sp³-hybridized carbons (Fsp3) is 0.231. The van der Waals surface area contributed by atoms with Gasteiger partial charge in [-0.2, -0.15) is 5.10 Å². The first-order valence-electron chi connectivity index (χ1n) is 5.96. The summed E-state index contributed by atoms with van der Waals surface area (Å²) in [5, 5.41) is 17.7. The SMILES string of the molecule is CC(=O)Nc1c(-c2ccc([N+](=O)[O-])cc2)c(C)nn1C. The van der Waals surface area contributed by atoms with Gasteiger partial charge in [0.15, 0.2) is 0 Å². The quantitative estimate of drug-likeness (QED) is 0.686. The zero-order valence-electron chi connectivity index (χ0n) is 11.4. The molecule has 0 aliphatic carbocycles. The molecule has 0 fully saturated rings. The Morgan fingerprint density at radius 3 is 2.45 bits per heavy atom. The summed E-state index contributed by atoms with van der Waals surface area (Å²) < 4.78 is 1.58. The average molecular weight is 274 g/mol. The summed E-state index contributed by atoms with van der Waals surface area (Å²) in [5.41, 5.74) is 2.30. The normalized spacial score (nSPS) is 10.3. The number of carbonyl (C=O) groups is 1. The van der Waals surface area contributed by atoms with Crippen LogP contribution in [0.1, 0.15) is 12.6 Å². The largest absolute Gasteiger partial charge is 0.311 e. The Kier molecular flexibility index (Phi) is 3.51. The van der Waals surface area contributed by atoms with Gasteiger partial charge < -0.3 is 5.32 Å². The molecule has 104 valence electrons. The Balaban J connectivity index is 2.51. The Morgan fingerprint density at radius 1 is 1.35 bits per heavy atom. The van der Waals surface area contributed by atoms with Gasteiger partial charge in [-0.25, -0.2) is 0 Å². The topological polar surface area (TPSA) is 90.1 Å². The van der Waals surface area contributed by atoms with Gasteiger partial charge in [0.1, 0.15) is 5.82 Å². The lowest BCUT2D eigenvalue weighted by atomic mass is 10.1. The highest BCUT2D eigenvalue weighted by molar-refractivity contribution is 5.93. The molecule has 1 heterocycles. The first-order chi connectivity index (χ1) is 9.40. The number of non-ortho nitro benzene ring substituents is 1. The summed E-state index contributed by atoms with van der Waals surface area (Å²) >= 11 is 0. The molecule has 20 heavy (non-hydrogen) atoms. The van der Waals surface area contributed by atoms with Gasteiger partial charge in [0.2, 0.25) is 5.91 Å². The highest BCUT2D eigenvalue weighted by Gasteiger charge is 2.17. The first kappa shape index (κ1) is 13.7. The van der Waals surface area contributed by atoms with Crippen LogP contribution in [-0.2, 0) is 11.8 Å². The third kappa shape index (κ3) is 2.51. The van der Waals surface area contributed by atoms with Gasteiger partial charge in [0, 0.05) is 31.7 Å². The number of benzene rings is 1. The number of carbonyl (C=O) groups excluding carboxylic acids is 1. The van der Waals surface area contributed by atoms with E-state index in [2.05, 4.69) is 10.4 Å². The summed E-state index contributed by atoms with van der Waals surface area (Å²) in [6.07, 6.45) is 0. The van der Waals surface area contributed by atoms with Gasteiger partial charge in [-0.05, 0) is 24.6 Å². The van der Waals surface area contributed by atoms with Crippen molar-refractivity contribution in [1.29, 1.82) is 0 Å². The second-order valence-electron chi connectivity index (χ2n) is 4.42. The summed E-state index contributed by atoms with van der Waals surface area (Å²) in [6.45, 7) is 3.24.